The number of rotatable bonds is 6. The maximum atomic E-state index is 11.7. The number of benzene rings is 1. The van der Waals surface area contributed by atoms with Gasteiger partial charge in [0.1, 0.15) is 11.8 Å². The molecule has 0 aliphatic carbocycles. The summed E-state index contributed by atoms with van der Waals surface area (Å²) in [7, 11) is 1.52. The number of amides is 1. The summed E-state index contributed by atoms with van der Waals surface area (Å²) in [5.41, 5.74) is 0.686. The molecule has 6 heteroatoms. The molecular weight excluding hydrogens is 338 g/mol. The SMILES string of the molecule is C#CCC(NC(=O)/C=C/c1cc(Br)ccc1OC)C(=O)O. The lowest BCUT2D eigenvalue weighted by Crippen LogP contribution is -2.39. The standard InChI is InChI=1S/C15H14BrNO4/c1-3-4-12(15(19)20)17-14(18)8-5-10-9-11(16)6-7-13(10)21-2/h1,5-9,12H,4H2,2H3,(H,17,18)(H,19,20)/b8-5+. The van der Waals surface area contributed by atoms with Crippen molar-refractivity contribution in [2.75, 3.05) is 7.11 Å². The van der Waals surface area contributed by atoms with E-state index in [9.17, 15) is 9.59 Å². The zero-order chi connectivity index (χ0) is 15.8. The third-order valence-corrected chi connectivity index (χ3v) is 3.04. The number of hydrogen-bond donors (Lipinski definition) is 2. The molecule has 0 fully saturated rings. The average molecular weight is 352 g/mol. The number of nitrogens with one attached hydrogen (secondary N) is 1. The summed E-state index contributed by atoms with van der Waals surface area (Å²) >= 11 is 3.32. The fourth-order valence-corrected chi connectivity index (χ4v) is 1.92. The molecule has 21 heavy (non-hydrogen) atoms. The van der Waals surface area contributed by atoms with Gasteiger partial charge in [0.15, 0.2) is 0 Å². The first-order chi connectivity index (χ1) is 9.97. The Morgan fingerprint density at radius 3 is 2.86 bits per heavy atom. The van der Waals surface area contributed by atoms with Crippen molar-refractivity contribution < 1.29 is 19.4 Å². The Morgan fingerprint density at radius 2 is 2.29 bits per heavy atom. The Labute approximate surface area is 131 Å². The van der Waals surface area contributed by atoms with Crippen molar-refractivity contribution in [3.05, 3.63) is 34.3 Å². The molecule has 0 radical (unpaired) electrons. The predicted octanol–water partition coefficient (Wildman–Crippen LogP) is 2.06. The number of methoxy groups -OCH3 is 1. The molecule has 0 aromatic heterocycles. The van der Waals surface area contributed by atoms with Crippen LogP contribution in [0.25, 0.3) is 6.08 Å². The Hall–Kier alpha value is -2.26. The molecule has 0 spiro atoms. The summed E-state index contributed by atoms with van der Waals surface area (Å²) < 4.78 is 6.00. The van der Waals surface area contributed by atoms with Crippen molar-refractivity contribution in [2.24, 2.45) is 0 Å². The Bertz CT molecular complexity index is 604. The van der Waals surface area contributed by atoms with Crippen molar-refractivity contribution in [3.63, 3.8) is 0 Å². The van der Waals surface area contributed by atoms with Gasteiger partial charge in [-0.25, -0.2) is 4.79 Å². The quantitative estimate of drug-likeness (QED) is 0.607. The number of halogens is 1. The number of carboxylic acids is 1. The van der Waals surface area contributed by atoms with Crippen LogP contribution in [0.5, 0.6) is 5.75 Å². The molecule has 0 bridgehead atoms. The monoisotopic (exact) mass is 351 g/mol. The van der Waals surface area contributed by atoms with Gasteiger partial charge in [0.2, 0.25) is 5.91 Å². The Kier molecular flexibility index (Phi) is 6.50. The highest BCUT2D eigenvalue weighted by Crippen LogP contribution is 2.23. The van der Waals surface area contributed by atoms with Crippen molar-refractivity contribution in [1.82, 2.24) is 5.32 Å². The van der Waals surface area contributed by atoms with Gasteiger partial charge < -0.3 is 15.2 Å². The molecule has 0 aliphatic heterocycles. The molecule has 110 valence electrons. The fraction of sp³-hybridized carbons (Fsp3) is 0.200. The van der Waals surface area contributed by atoms with E-state index in [1.165, 1.54) is 19.3 Å². The van der Waals surface area contributed by atoms with Gasteiger partial charge in [0.05, 0.1) is 7.11 Å². The number of hydrogen-bond acceptors (Lipinski definition) is 3. The van der Waals surface area contributed by atoms with Crippen LogP contribution in [0.3, 0.4) is 0 Å². The normalized spacial score (nSPS) is 11.7. The van der Waals surface area contributed by atoms with Crippen molar-refractivity contribution >= 4 is 33.9 Å². The molecule has 1 aromatic carbocycles. The van der Waals surface area contributed by atoms with Gasteiger partial charge in [-0.05, 0) is 24.3 Å². The average Bonchev–Trinajstić information content (AvgIpc) is 2.44. The first-order valence-corrected chi connectivity index (χ1v) is 6.75. The maximum absolute atomic E-state index is 11.7. The molecule has 0 saturated heterocycles. The number of aliphatic carboxylic acids is 1. The second-order valence-electron chi connectivity index (χ2n) is 4.03. The van der Waals surface area contributed by atoms with E-state index >= 15 is 0 Å². The number of carbonyl (C=O) groups excluding carboxylic acids is 1. The summed E-state index contributed by atoms with van der Waals surface area (Å²) in [5.74, 6) is 1.09. The summed E-state index contributed by atoms with van der Waals surface area (Å²) in [6, 6.07) is 4.24. The van der Waals surface area contributed by atoms with Gasteiger partial charge in [-0.15, -0.1) is 12.3 Å². The van der Waals surface area contributed by atoms with E-state index in [0.29, 0.717) is 11.3 Å². The van der Waals surface area contributed by atoms with Gasteiger partial charge in [-0.2, -0.15) is 0 Å². The van der Waals surface area contributed by atoms with Crippen LogP contribution in [0.2, 0.25) is 0 Å². The third kappa shape index (κ3) is 5.32. The van der Waals surface area contributed by atoms with Crippen LogP contribution in [0.15, 0.2) is 28.7 Å². The molecule has 2 N–H and O–H groups in total. The van der Waals surface area contributed by atoms with E-state index in [-0.39, 0.29) is 6.42 Å². The van der Waals surface area contributed by atoms with E-state index in [1.54, 1.807) is 12.1 Å². The van der Waals surface area contributed by atoms with Gasteiger partial charge in [0, 0.05) is 22.5 Å². The molecule has 0 aliphatic rings. The van der Waals surface area contributed by atoms with Gasteiger partial charge in [0.25, 0.3) is 0 Å². The summed E-state index contributed by atoms with van der Waals surface area (Å²) in [4.78, 5) is 22.6. The van der Waals surface area contributed by atoms with Crippen LogP contribution in [-0.4, -0.2) is 30.1 Å². The van der Waals surface area contributed by atoms with E-state index < -0.39 is 17.9 Å². The fourth-order valence-electron chi connectivity index (χ4n) is 1.54. The van der Waals surface area contributed by atoms with Gasteiger partial charge >= 0.3 is 5.97 Å². The topological polar surface area (TPSA) is 75.6 Å². The van der Waals surface area contributed by atoms with E-state index in [4.69, 9.17) is 16.3 Å². The molecule has 0 heterocycles. The van der Waals surface area contributed by atoms with Crippen LogP contribution in [-0.2, 0) is 9.59 Å². The van der Waals surface area contributed by atoms with Crippen LogP contribution >= 0.6 is 15.9 Å². The highest BCUT2D eigenvalue weighted by Gasteiger charge is 2.17. The smallest absolute Gasteiger partial charge is 0.327 e. The first kappa shape index (κ1) is 16.8. The van der Waals surface area contributed by atoms with Gasteiger partial charge in [-0.3, -0.25) is 4.79 Å². The molecule has 1 unspecified atom stereocenters. The summed E-state index contributed by atoms with van der Waals surface area (Å²) in [5, 5.41) is 11.2. The summed E-state index contributed by atoms with van der Waals surface area (Å²) in [6.07, 6.45) is 7.75. The minimum absolute atomic E-state index is 0.0743. The first-order valence-electron chi connectivity index (χ1n) is 5.96. The van der Waals surface area contributed by atoms with Crippen LogP contribution in [0.4, 0.5) is 0 Å². The van der Waals surface area contributed by atoms with Crippen LogP contribution in [0.1, 0.15) is 12.0 Å². The molecule has 1 atom stereocenters. The number of ether oxygens (including phenoxy) is 1. The largest absolute Gasteiger partial charge is 0.496 e. The van der Waals surface area contributed by atoms with Crippen molar-refractivity contribution in [1.29, 1.82) is 0 Å². The Morgan fingerprint density at radius 1 is 1.57 bits per heavy atom. The number of terminal acetylenes is 1. The number of carbonyl (C=O) groups is 2. The van der Waals surface area contributed by atoms with Crippen molar-refractivity contribution in [3.8, 4) is 18.1 Å². The molecular formula is C15H14BrNO4. The maximum Gasteiger partial charge on any atom is 0.327 e. The van der Waals surface area contributed by atoms with Crippen LogP contribution < -0.4 is 10.1 Å². The number of carboxylic acid groups (broad SMARTS) is 1. The zero-order valence-corrected chi connectivity index (χ0v) is 12.9. The van der Waals surface area contributed by atoms with Crippen LogP contribution in [0, 0.1) is 12.3 Å². The van der Waals surface area contributed by atoms with E-state index in [1.807, 2.05) is 6.07 Å². The second-order valence-corrected chi connectivity index (χ2v) is 4.94. The highest BCUT2D eigenvalue weighted by atomic mass is 79.9. The Balaban J connectivity index is 2.81. The summed E-state index contributed by atoms with van der Waals surface area (Å²) in [6.45, 7) is 0. The second kappa shape index (κ2) is 8.12. The lowest BCUT2D eigenvalue weighted by atomic mass is 10.1. The minimum atomic E-state index is -1.17. The molecule has 1 amide bonds. The van der Waals surface area contributed by atoms with E-state index in [2.05, 4.69) is 27.2 Å². The predicted molar refractivity (Wildman–Crippen MR) is 82.7 cm³/mol. The zero-order valence-electron chi connectivity index (χ0n) is 11.3. The van der Waals surface area contributed by atoms with Crippen molar-refractivity contribution in [2.45, 2.75) is 12.5 Å². The molecule has 1 rings (SSSR count). The lowest BCUT2D eigenvalue weighted by Gasteiger charge is -2.09. The van der Waals surface area contributed by atoms with Gasteiger partial charge in [-0.1, -0.05) is 15.9 Å². The minimum Gasteiger partial charge on any atom is -0.496 e. The molecule has 0 saturated carbocycles. The van der Waals surface area contributed by atoms with E-state index in [0.717, 1.165) is 4.47 Å². The molecule has 5 nitrogen and oxygen atoms in total. The lowest BCUT2D eigenvalue weighted by molar-refractivity contribution is -0.141. The highest BCUT2D eigenvalue weighted by molar-refractivity contribution is 9.10. The third-order valence-electron chi connectivity index (χ3n) is 2.54. The molecule has 1 aromatic rings.